The van der Waals surface area contributed by atoms with Crippen molar-refractivity contribution in [2.45, 2.75) is 90.4 Å². The first-order valence-corrected chi connectivity index (χ1v) is 10.3. The quantitative estimate of drug-likeness (QED) is 0.153. The van der Waals surface area contributed by atoms with Gasteiger partial charge in [-0.3, -0.25) is 0 Å². The highest BCUT2D eigenvalue weighted by Gasteiger charge is 1.91. The van der Waals surface area contributed by atoms with Crippen molar-refractivity contribution in [2.24, 2.45) is 0 Å². The van der Waals surface area contributed by atoms with Gasteiger partial charge in [0.2, 0.25) is 0 Å². The summed E-state index contributed by atoms with van der Waals surface area (Å²) in [5.74, 6) is 0. The number of hydrogen-bond donors (Lipinski definition) is 0. The molecular weight excluding hydrogens is 324 g/mol. The molecule has 0 fully saturated rings. The van der Waals surface area contributed by atoms with E-state index in [0.717, 1.165) is 25.0 Å². The fraction of sp³-hybridized carbons (Fsp3) is 0.895. The smallest absolute Gasteiger partial charge is 0.0500 e. The van der Waals surface area contributed by atoms with Crippen LogP contribution in [-0.4, -0.2) is 18.5 Å². The monoisotopic (exact) mass is 360 g/mol. The lowest BCUT2D eigenvalue weighted by Gasteiger charge is -2.03. The molecule has 0 spiro atoms. The Morgan fingerprint density at radius 2 is 1.29 bits per heavy atom. The van der Waals surface area contributed by atoms with Crippen molar-refractivity contribution in [1.29, 1.82) is 0 Å². The van der Waals surface area contributed by atoms with Crippen LogP contribution in [0.5, 0.6) is 0 Å². The van der Waals surface area contributed by atoms with Gasteiger partial charge in [0.15, 0.2) is 0 Å². The molecule has 0 saturated heterocycles. The van der Waals surface area contributed by atoms with Gasteiger partial charge in [0, 0.05) is 11.9 Å². The van der Waals surface area contributed by atoms with Gasteiger partial charge in [0.05, 0.1) is 6.61 Å². The minimum atomic E-state index is 0.899. The molecule has 0 aliphatic rings. The van der Waals surface area contributed by atoms with E-state index in [-0.39, 0.29) is 0 Å². The molecule has 21 heavy (non-hydrogen) atoms. The standard InChI is InChI=1S/C19H37BrO/c1-2-3-4-5-9-12-15-18-21-19-16-13-10-7-6-8-11-14-17-20/h10,13H,2-9,11-12,14-19H2,1H3. The number of allylic oxidation sites excluding steroid dienone is 1. The van der Waals surface area contributed by atoms with Crippen LogP contribution in [0.25, 0.3) is 0 Å². The molecule has 0 bridgehead atoms. The Hall–Kier alpha value is 0.180. The largest absolute Gasteiger partial charge is 0.381 e. The van der Waals surface area contributed by atoms with Gasteiger partial charge in [-0.1, -0.05) is 86.4 Å². The van der Waals surface area contributed by atoms with Crippen molar-refractivity contribution in [3.63, 3.8) is 0 Å². The van der Waals surface area contributed by atoms with E-state index in [0.29, 0.717) is 0 Å². The van der Waals surface area contributed by atoms with Gasteiger partial charge in [-0.25, -0.2) is 0 Å². The fourth-order valence-corrected chi connectivity index (χ4v) is 2.76. The molecule has 0 atom stereocenters. The molecule has 0 unspecified atom stereocenters. The van der Waals surface area contributed by atoms with Crippen LogP contribution >= 0.6 is 15.9 Å². The maximum absolute atomic E-state index is 5.66. The summed E-state index contributed by atoms with van der Waals surface area (Å²) < 4.78 is 5.66. The molecule has 0 rings (SSSR count). The van der Waals surface area contributed by atoms with Gasteiger partial charge >= 0.3 is 0 Å². The molecule has 0 heterocycles. The highest BCUT2D eigenvalue weighted by Crippen LogP contribution is 2.07. The van der Waals surface area contributed by atoms with Crippen LogP contribution in [0.3, 0.4) is 0 Å². The topological polar surface area (TPSA) is 9.23 Å². The number of hydrogen-bond acceptors (Lipinski definition) is 1. The zero-order valence-corrected chi connectivity index (χ0v) is 15.8. The average molecular weight is 361 g/mol. The van der Waals surface area contributed by atoms with E-state index in [9.17, 15) is 0 Å². The predicted octanol–water partition coefficient (Wildman–Crippen LogP) is 7.05. The maximum atomic E-state index is 5.66. The third kappa shape index (κ3) is 20.2. The summed E-state index contributed by atoms with van der Waals surface area (Å²) in [4.78, 5) is 0. The Bertz CT molecular complexity index is 204. The third-order valence-corrected chi connectivity index (χ3v) is 4.30. The third-order valence-electron chi connectivity index (χ3n) is 3.74. The molecular formula is C19H37BrO. The van der Waals surface area contributed by atoms with Crippen LogP contribution in [-0.2, 0) is 4.74 Å². The number of halogens is 1. The van der Waals surface area contributed by atoms with Crippen LogP contribution in [0, 0.1) is 0 Å². The predicted molar refractivity (Wildman–Crippen MR) is 99.4 cm³/mol. The van der Waals surface area contributed by atoms with Crippen molar-refractivity contribution >= 4 is 15.9 Å². The zero-order valence-electron chi connectivity index (χ0n) is 14.3. The number of alkyl halides is 1. The molecule has 0 aromatic carbocycles. The summed E-state index contributed by atoms with van der Waals surface area (Å²) in [5.41, 5.74) is 0. The fourth-order valence-electron chi connectivity index (χ4n) is 2.36. The van der Waals surface area contributed by atoms with Gasteiger partial charge in [0.1, 0.15) is 0 Å². The van der Waals surface area contributed by atoms with Crippen LogP contribution in [0.2, 0.25) is 0 Å². The van der Waals surface area contributed by atoms with E-state index in [1.54, 1.807) is 0 Å². The van der Waals surface area contributed by atoms with Gasteiger partial charge < -0.3 is 4.74 Å². The Balaban J connectivity index is 3.01. The molecule has 0 radical (unpaired) electrons. The molecule has 1 nitrogen and oxygen atoms in total. The molecule has 0 saturated carbocycles. The second-order valence-corrected chi connectivity index (χ2v) is 6.68. The molecule has 0 amide bonds. The molecule has 0 aromatic heterocycles. The summed E-state index contributed by atoms with van der Waals surface area (Å²) in [6, 6.07) is 0. The molecule has 126 valence electrons. The van der Waals surface area contributed by atoms with Crippen molar-refractivity contribution in [3.05, 3.63) is 12.2 Å². The average Bonchev–Trinajstić information content (AvgIpc) is 2.50. The van der Waals surface area contributed by atoms with E-state index in [2.05, 4.69) is 35.0 Å². The Morgan fingerprint density at radius 3 is 2.05 bits per heavy atom. The highest BCUT2D eigenvalue weighted by atomic mass is 79.9. The van der Waals surface area contributed by atoms with Crippen molar-refractivity contribution in [2.75, 3.05) is 18.5 Å². The normalized spacial score (nSPS) is 11.5. The SMILES string of the molecule is CCCCCCCCCOCCC=CCCCCCCBr. The maximum Gasteiger partial charge on any atom is 0.0500 e. The second-order valence-electron chi connectivity index (χ2n) is 5.89. The lowest BCUT2D eigenvalue weighted by Crippen LogP contribution is -1.95. The molecule has 0 aliphatic heterocycles. The first-order valence-electron chi connectivity index (χ1n) is 9.20. The van der Waals surface area contributed by atoms with Crippen molar-refractivity contribution in [1.82, 2.24) is 0 Å². The van der Waals surface area contributed by atoms with Crippen LogP contribution in [0.1, 0.15) is 90.4 Å². The van der Waals surface area contributed by atoms with Crippen LogP contribution < -0.4 is 0 Å². The minimum absolute atomic E-state index is 0.899. The van der Waals surface area contributed by atoms with Gasteiger partial charge in [-0.2, -0.15) is 0 Å². The molecule has 0 aliphatic carbocycles. The first kappa shape index (κ1) is 21.2. The zero-order chi connectivity index (χ0) is 15.4. The van der Waals surface area contributed by atoms with Crippen LogP contribution in [0.4, 0.5) is 0 Å². The number of rotatable bonds is 17. The second kappa shape index (κ2) is 20.2. The van der Waals surface area contributed by atoms with E-state index >= 15 is 0 Å². The summed E-state index contributed by atoms with van der Waals surface area (Å²) in [6.45, 7) is 4.12. The Morgan fingerprint density at radius 1 is 0.667 bits per heavy atom. The number of ether oxygens (including phenoxy) is 1. The lowest BCUT2D eigenvalue weighted by molar-refractivity contribution is 0.134. The Kier molecular flexibility index (Phi) is 20.4. The van der Waals surface area contributed by atoms with E-state index in [1.165, 1.54) is 77.0 Å². The minimum Gasteiger partial charge on any atom is -0.381 e. The molecule has 2 heteroatoms. The lowest BCUT2D eigenvalue weighted by atomic mass is 10.1. The van der Waals surface area contributed by atoms with Crippen molar-refractivity contribution in [3.8, 4) is 0 Å². The van der Waals surface area contributed by atoms with Crippen LogP contribution in [0.15, 0.2) is 12.2 Å². The van der Waals surface area contributed by atoms with Crippen molar-refractivity contribution < 1.29 is 4.74 Å². The first-order chi connectivity index (χ1) is 10.4. The summed E-state index contributed by atoms with van der Waals surface area (Å²) in [5, 5.41) is 1.15. The molecule has 0 aromatic rings. The molecule has 0 N–H and O–H groups in total. The summed E-state index contributed by atoms with van der Waals surface area (Å²) in [6.07, 6.45) is 21.8. The van der Waals surface area contributed by atoms with Gasteiger partial charge in [0.25, 0.3) is 0 Å². The van der Waals surface area contributed by atoms with Gasteiger partial charge in [-0.15, -0.1) is 0 Å². The van der Waals surface area contributed by atoms with Gasteiger partial charge in [-0.05, 0) is 32.1 Å². The summed E-state index contributed by atoms with van der Waals surface area (Å²) in [7, 11) is 0. The number of unbranched alkanes of at least 4 members (excludes halogenated alkanes) is 10. The van der Waals surface area contributed by atoms with E-state index in [1.807, 2.05) is 0 Å². The van der Waals surface area contributed by atoms with E-state index < -0.39 is 0 Å². The van der Waals surface area contributed by atoms with E-state index in [4.69, 9.17) is 4.74 Å². The Labute approximate surface area is 142 Å². The summed E-state index contributed by atoms with van der Waals surface area (Å²) >= 11 is 3.47. The highest BCUT2D eigenvalue weighted by molar-refractivity contribution is 9.09.